The van der Waals surface area contributed by atoms with Crippen LogP contribution in [0.25, 0.3) is 0 Å². The number of benzene rings is 3. The van der Waals surface area contributed by atoms with Gasteiger partial charge in [-0.2, -0.15) is 0 Å². The summed E-state index contributed by atoms with van der Waals surface area (Å²) in [6.45, 7) is 0.825. The molecule has 7 nitrogen and oxygen atoms in total. The lowest BCUT2D eigenvalue weighted by atomic mass is 10.00. The molecule has 0 unspecified atom stereocenters. The number of nitrogens with one attached hydrogen (secondary N) is 2. The van der Waals surface area contributed by atoms with Gasteiger partial charge in [0.25, 0.3) is 5.91 Å². The molecule has 0 saturated heterocycles. The van der Waals surface area contributed by atoms with E-state index in [9.17, 15) is 9.59 Å². The van der Waals surface area contributed by atoms with Gasteiger partial charge in [0.2, 0.25) is 6.79 Å². The molecular formula is C24H21N3O4. The van der Waals surface area contributed by atoms with Crippen molar-refractivity contribution in [1.82, 2.24) is 0 Å². The smallest absolute Gasteiger partial charge is 0.323 e. The Morgan fingerprint density at radius 1 is 0.839 bits per heavy atom. The van der Waals surface area contributed by atoms with Gasteiger partial charge in [-0.05, 0) is 54.8 Å². The highest BCUT2D eigenvalue weighted by Crippen LogP contribution is 2.34. The van der Waals surface area contributed by atoms with Crippen molar-refractivity contribution in [2.75, 3.05) is 28.9 Å². The summed E-state index contributed by atoms with van der Waals surface area (Å²) in [6.07, 6.45) is 1.81. The van der Waals surface area contributed by atoms with Crippen molar-refractivity contribution in [2.45, 2.75) is 12.8 Å². The van der Waals surface area contributed by atoms with E-state index < -0.39 is 0 Å². The topological polar surface area (TPSA) is 79.9 Å². The van der Waals surface area contributed by atoms with Crippen molar-refractivity contribution < 1.29 is 19.1 Å². The van der Waals surface area contributed by atoms with Crippen LogP contribution >= 0.6 is 0 Å². The predicted molar refractivity (Wildman–Crippen MR) is 118 cm³/mol. The first-order chi connectivity index (χ1) is 15.2. The number of urea groups is 1. The lowest BCUT2D eigenvalue weighted by molar-refractivity contribution is 0.0985. The van der Waals surface area contributed by atoms with Crippen LogP contribution in [0.4, 0.5) is 21.9 Å². The van der Waals surface area contributed by atoms with Crippen LogP contribution in [0.2, 0.25) is 0 Å². The third-order valence-corrected chi connectivity index (χ3v) is 5.36. The van der Waals surface area contributed by atoms with Crippen molar-refractivity contribution in [3.05, 3.63) is 77.9 Å². The Kier molecular flexibility index (Phi) is 4.92. The molecule has 3 aromatic carbocycles. The number of carbonyl (C=O) groups is 2. The lowest BCUT2D eigenvalue weighted by Crippen LogP contribution is -2.35. The highest BCUT2D eigenvalue weighted by molar-refractivity contribution is 6.07. The Balaban J connectivity index is 1.33. The maximum Gasteiger partial charge on any atom is 0.323 e. The summed E-state index contributed by atoms with van der Waals surface area (Å²) < 4.78 is 10.6. The first-order valence-corrected chi connectivity index (χ1v) is 10.1. The number of anilines is 3. The fourth-order valence-corrected chi connectivity index (χ4v) is 3.87. The van der Waals surface area contributed by atoms with Gasteiger partial charge in [-0.1, -0.05) is 24.3 Å². The minimum Gasteiger partial charge on any atom is -0.454 e. The van der Waals surface area contributed by atoms with E-state index in [1.165, 1.54) is 0 Å². The van der Waals surface area contributed by atoms with E-state index in [0.29, 0.717) is 35.0 Å². The number of aryl methyl sites for hydroxylation is 1. The predicted octanol–water partition coefficient (Wildman–Crippen LogP) is 4.65. The van der Waals surface area contributed by atoms with Gasteiger partial charge in [0.15, 0.2) is 11.5 Å². The highest BCUT2D eigenvalue weighted by atomic mass is 16.7. The number of hydrogen-bond acceptors (Lipinski definition) is 4. The first-order valence-electron chi connectivity index (χ1n) is 10.1. The normalized spacial score (nSPS) is 14.0. The molecule has 2 aliphatic heterocycles. The van der Waals surface area contributed by atoms with Gasteiger partial charge in [-0.15, -0.1) is 0 Å². The van der Waals surface area contributed by atoms with Crippen LogP contribution in [0.15, 0.2) is 66.7 Å². The lowest BCUT2D eigenvalue weighted by Gasteiger charge is -2.30. The quantitative estimate of drug-likeness (QED) is 0.652. The summed E-state index contributed by atoms with van der Waals surface area (Å²) in [5.41, 5.74) is 3.79. The Morgan fingerprint density at radius 3 is 2.42 bits per heavy atom. The number of carbonyl (C=O) groups excluding carboxylic acids is 2. The number of ether oxygens (including phenoxy) is 2. The van der Waals surface area contributed by atoms with E-state index in [1.54, 1.807) is 23.1 Å². The van der Waals surface area contributed by atoms with Crippen LogP contribution < -0.4 is 25.0 Å². The molecule has 0 aliphatic carbocycles. The van der Waals surface area contributed by atoms with Gasteiger partial charge >= 0.3 is 6.03 Å². The molecule has 2 N–H and O–H groups in total. The van der Waals surface area contributed by atoms with E-state index in [-0.39, 0.29) is 18.7 Å². The molecule has 0 atom stereocenters. The van der Waals surface area contributed by atoms with E-state index in [2.05, 4.69) is 10.6 Å². The maximum absolute atomic E-state index is 13.0. The molecular weight excluding hydrogens is 394 g/mol. The van der Waals surface area contributed by atoms with Gasteiger partial charge in [0.05, 0.1) is 0 Å². The minimum atomic E-state index is -0.379. The summed E-state index contributed by atoms with van der Waals surface area (Å²) >= 11 is 0. The largest absolute Gasteiger partial charge is 0.454 e. The van der Waals surface area contributed by atoms with E-state index in [1.807, 2.05) is 48.5 Å². The van der Waals surface area contributed by atoms with Gasteiger partial charge in [-0.3, -0.25) is 4.79 Å². The Hall–Kier alpha value is -4.00. The average molecular weight is 415 g/mol. The standard InChI is InChI=1S/C24H21N3O4/c28-23(17-5-2-1-3-6-17)27-12-4-7-16-8-9-18(13-20(16)27)25-24(29)26-19-10-11-21-22(14-19)31-15-30-21/h1-3,5-6,8-11,13-14H,4,7,12,15H2,(H2,25,26,29). The fraction of sp³-hybridized carbons (Fsp3) is 0.167. The van der Waals surface area contributed by atoms with Crippen molar-refractivity contribution >= 4 is 29.0 Å². The zero-order valence-electron chi connectivity index (χ0n) is 16.8. The number of fused-ring (bicyclic) bond motifs is 2. The molecule has 31 heavy (non-hydrogen) atoms. The van der Waals surface area contributed by atoms with Crippen LogP contribution in [0, 0.1) is 0 Å². The van der Waals surface area contributed by atoms with Crippen molar-refractivity contribution in [2.24, 2.45) is 0 Å². The Bertz CT molecular complexity index is 1150. The molecule has 0 aromatic heterocycles. The van der Waals surface area contributed by atoms with Crippen molar-refractivity contribution in [1.29, 1.82) is 0 Å². The fourth-order valence-electron chi connectivity index (χ4n) is 3.87. The highest BCUT2D eigenvalue weighted by Gasteiger charge is 2.24. The SMILES string of the molecule is O=C(Nc1ccc2c(c1)OCO2)Nc1ccc2c(c1)N(C(=O)c1ccccc1)CCC2. The molecule has 3 aromatic rings. The van der Waals surface area contributed by atoms with Gasteiger partial charge in [0, 0.05) is 35.2 Å². The minimum absolute atomic E-state index is 0.0384. The van der Waals surface area contributed by atoms with Crippen LogP contribution in [0.3, 0.4) is 0 Å². The molecule has 0 fully saturated rings. The molecule has 0 saturated carbocycles. The van der Waals surface area contributed by atoms with Crippen LogP contribution in [0.5, 0.6) is 11.5 Å². The molecule has 3 amide bonds. The van der Waals surface area contributed by atoms with E-state index >= 15 is 0 Å². The third kappa shape index (κ3) is 3.90. The second-order valence-electron chi connectivity index (χ2n) is 7.42. The number of amides is 3. The maximum atomic E-state index is 13.0. The molecule has 0 radical (unpaired) electrons. The summed E-state index contributed by atoms with van der Waals surface area (Å²) in [6, 6.07) is 19.8. The van der Waals surface area contributed by atoms with Crippen LogP contribution in [-0.2, 0) is 6.42 Å². The van der Waals surface area contributed by atoms with Crippen molar-refractivity contribution in [3.8, 4) is 11.5 Å². The van der Waals surface area contributed by atoms with E-state index in [0.717, 1.165) is 24.1 Å². The van der Waals surface area contributed by atoms with Gasteiger partial charge in [-0.25, -0.2) is 4.79 Å². The van der Waals surface area contributed by atoms with Crippen molar-refractivity contribution in [3.63, 3.8) is 0 Å². The summed E-state index contributed by atoms with van der Waals surface area (Å²) in [7, 11) is 0. The summed E-state index contributed by atoms with van der Waals surface area (Å²) in [4.78, 5) is 27.3. The average Bonchev–Trinajstić information content (AvgIpc) is 3.26. The molecule has 156 valence electrons. The third-order valence-electron chi connectivity index (χ3n) is 5.36. The zero-order valence-corrected chi connectivity index (χ0v) is 16.8. The first kappa shape index (κ1) is 19.0. The Morgan fingerprint density at radius 2 is 1.58 bits per heavy atom. The number of nitrogens with zero attached hydrogens (tertiary/aromatic N) is 1. The zero-order chi connectivity index (χ0) is 21.2. The second kappa shape index (κ2) is 8.02. The number of hydrogen-bond donors (Lipinski definition) is 2. The van der Waals surface area contributed by atoms with Gasteiger partial charge < -0.3 is 25.0 Å². The van der Waals surface area contributed by atoms with Crippen LogP contribution in [-0.4, -0.2) is 25.3 Å². The summed E-state index contributed by atoms with van der Waals surface area (Å²) in [5, 5.41) is 5.64. The summed E-state index contributed by atoms with van der Waals surface area (Å²) in [5.74, 6) is 1.22. The number of rotatable bonds is 3. The Labute approximate surface area is 179 Å². The second-order valence-corrected chi connectivity index (χ2v) is 7.42. The molecule has 2 aliphatic rings. The molecule has 2 heterocycles. The molecule has 0 bridgehead atoms. The molecule has 7 heteroatoms. The molecule has 5 rings (SSSR count). The monoisotopic (exact) mass is 415 g/mol. The van der Waals surface area contributed by atoms with E-state index in [4.69, 9.17) is 9.47 Å². The molecule has 0 spiro atoms. The van der Waals surface area contributed by atoms with Crippen LogP contribution in [0.1, 0.15) is 22.3 Å². The van der Waals surface area contributed by atoms with Gasteiger partial charge in [0.1, 0.15) is 0 Å².